The summed E-state index contributed by atoms with van der Waals surface area (Å²) in [4.78, 5) is 15.9. The van der Waals surface area contributed by atoms with E-state index in [9.17, 15) is 4.79 Å². The fourth-order valence-corrected chi connectivity index (χ4v) is 3.53. The van der Waals surface area contributed by atoms with E-state index in [0.717, 1.165) is 19.0 Å². The third kappa shape index (κ3) is 3.18. The molecule has 2 aliphatic rings. The van der Waals surface area contributed by atoms with Gasteiger partial charge < -0.3 is 9.80 Å². The summed E-state index contributed by atoms with van der Waals surface area (Å²) in [6, 6.07) is 0.757. The van der Waals surface area contributed by atoms with Gasteiger partial charge in [-0.15, -0.1) is 0 Å². The normalized spacial score (nSPS) is 30.1. The Morgan fingerprint density at radius 2 is 1.72 bits per heavy atom. The maximum atomic E-state index is 12.0. The molecule has 0 bridgehead atoms. The number of hydrogen-bond donors (Lipinski definition) is 0. The lowest BCUT2D eigenvalue weighted by atomic mass is 9.76. The Balaban J connectivity index is 1.82. The molecule has 1 saturated heterocycles. The molecule has 18 heavy (non-hydrogen) atoms. The van der Waals surface area contributed by atoms with Gasteiger partial charge in [0, 0.05) is 26.2 Å². The lowest BCUT2D eigenvalue weighted by Crippen LogP contribution is -2.40. The van der Waals surface area contributed by atoms with E-state index in [4.69, 9.17) is 0 Å². The highest BCUT2D eigenvalue weighted by atomic mass is 16.2. The molecule has 0 spiro atoms. The fourth-order valence-electron chi connectivity index (χ4n) is 3.53. The van der Waals surface area contributed by atoms with Crippen LogP contribution in [0.25, 0.3) is 0 Å². The van der Waals surface area contributed by atoms with E-state index in [1.165, 1.54) is 32.1 Å². The van der Waals surface area contributed by atoms with Gasteiger partial charge in [-0.25, -0.2) is 4.79 Å². The van der Waals surface area contributed by atoms with Crippen LogP contribution in [0, 0.1) is 11.3 Å². The average molecular weight is 252 g/mol. The van der Waals surface area contributed by atoms with Crippen LogP contribution in [0.3, 0.4) is 0 Å². The molecule has 0 N–H and O–H groups in total. The summed E-state index contributed by atoms with van der Waals surface area (Å²) in [6.45, 7) is 8.83. The van der Waals surface area contributed by atoms with Gasteiger partial charge in [0.1, 0.15) is 0 Å². The van der Waals surface area contributed by atoms with Crippen LogP contribution in [0.15, 0.2) is 0 Å². The third-order valence-corrected chi connectivity index (χ3v) is 4.41. The largest absolute Gasteiger partial charge is 0.326 e. The van der Waals surface area contributed by atoms with E-state index in [-0.39, 0.29) is 6.03 Å². The topological polar surface area (TPSA) is 23.6 Å². The highest BCUT2D eigenvalue weighted by Crippen LogP contribution is 2.36. The van der Waals surface area contributed by atoms with Gasteiger partial charge in [0.2, 0.25) is 0 Å². The van der Waals surface area contributed by atoms with Crippen molar-refractivity contribution < 1.29 is 4.79 Å². The van der Waals surface area contributed by atoms with Crippen molar-refractivity contribution in [2.24, 2.45) is 11.3 Å². The van der Waals surface area contributed by atoms with Gasteiger partial charge >= 0.3 is 6.03 Å². The van der Waals surface area contributed by atoms with Crippen molar-refractivity contribution in [3.05, 3.63) is 0 Å². The summed E-state index contributed by atoms with van der Waals surface area (Å²) < 4.78 is 0. The van der Waals surface area contributed by atoms with Crippen LogP contribution in [-0.4, -0.2) is 42.0 Å². The van der Waals surface area contributed by atoms with Crippen LogP contribution >= 0.6 is 0 Å². The Morgan fingerprint density at radius 1 is 1.11 bits per heavy atom. The van der Waals surface area contributed by atoms with Gasteiger partial charge in [-0.3, -0.25) is 0 Å². The summed E-state index contributed by atoms with van der Waals surface area (Å²) in [5, 5.41) is 0. The standard InChI is InChI=1S/C15H28N2O/c1-15(2,3)11-12-5-7-13(8-6-12)17-10-9-16(4)14(17)18/h12-13H,5-11H2,1-4H3. The lowest BCUT2D eigenvalue weighted by Gasteiger charge is -2.36. The van der Waals surface area contributed by atoms with E-state index in [0.29, 0.717) is 11.5 Å². The van der Waals surface area contributed by atoms with E-state index >= 15 is 0 Å². The first-order valence-corrected chi connectivity index (χ1v) is 7.38. The minimum Gasteiger partial charge on any atom is -0.326 e. The Labute approximate surface area is 112 Å². The molecule has 1 aliphatic heterocycles. The Morgan fingerprint density at radius 3 is 2.17 bits per heavy atom. The van der Waals surface area contributed by atoms with Crippen molar-refractivity contribution in [1.82, 2.24) is 9.80 Å². The van der Waals surface area contributed by atoms with E-state index < -0.39 is 0 Å². The second kappa shape index (κ2) is 5.10. The number of amides is 2. The SMILES string of the molecule is CN1CCN(C2CCC(CC(C)(C)C)CC2)C1=O. The predicted octanol–water partition coefficient (Wildman–Crippen LogP) is 3.35. The van der Waals surface area contributed by atoms with Crippen LogP contribution in [0.1, 0.15) is 52.9 Å². The molecule has 0 radical (unpaired) electrons. The van der Waals surface area contributed by atoms with Gasteiger partial charge in [0.05, 0.1) is 0 Å². The zero-order valence-corrected chi connectivity index (χ0v) is 12.4. The second-order valence-corrected chi connectivity index (χ2v) is 7.34. The molecule has 0 unspecified atom stereocenters. The van der Waals surface area contributed by atoms with Crippen molar-refractivity contribution >= 4 is 6.03 Å². The Hall–Kier alpha value is -0.730. The molecule has 0 aromatic rings. The minimum absolute atomic E-state index is 0.245. The fraction of sp³-hybridized carbons (Fsp3) is 0.933. The number of likely N-dealkylation sites (N-methyl/N-ethyl adjacent to an activating group) is 1. The highest BCUT2D eigenvalue weighted by molar-refractivity contribution is 5.76. The molecule has 104 valence electrons. The molecule has 1 heterocycles. The summed E-state index contributed by atoms with van der Waals surface area (Å²) in [7, 11) is 1.91. The molecule has 2 amide bonds. The zero-order chi connectivity index (χ0) is 13.3. The molecule has 1 aliphatic carbocycles. The van der Waals surface area contributed by atoms with Gasteiger partial charge in [0.25, 0.3) is 0 Å². The number of rotatable bonds is 2. The predicted molar refractivity (Wildman–Crippen MR) is 74.6 cm³/mol. The number of urea groups is 1. The number of carbonyl (C=O) groups excluding carboxylic acids is 1. The first kappa shape index (κ1) is 13.7. The quantitative estimate of drug-likeness (QED) is 0.739. The second-order valence-electron chi connectivity index (χ2n) is 7.34. The minimum atomic E-state index is 0.245. The van der Waals surface area contributed by atoms with Crippen molar-refractivity contribution in [3.63, 3.8) is 0 Å². The molecule has 3 heteroatoms. The van der Waals surface area contributed by atoms with E-state index in [2.05, 4.69) is 25.7 Å². The first-order valence-electron chi connectivity index (χ1n) is 7.38. The molecule has 3 nitrogen and oxygen atoms in total. The molecule has 0 aromatic heterocycles. The summed E-state index contributed by atoms with van der Waals surface area (Å²) in [5.41, 5.74) is 0.446. The van der Waals surface area contributed by atoms with Crippen LogP contribution in [0.2, 0.25) is 0 Å². The van der Waals surface area contributed by atoms with Crippen LogP contribution in [0.5, 0.6) is 0 Å². The molecule has 1 saturated carbocycles. The summed E-state index contributed by atoms with van der Waals surface area (Å²) in [6.07, 6.45) is 6.35. The smallest absolute Gasteiger partial charge is 0.320 e. The highest BCUT2D eigenvalue weighted by Gasteiger charge is 2.34. The van der Waals surface area contributed by atoms with Crippen molar-refractivity contribution in [1.29, 1.82) is 0 Å². The zero-order valence-electron chi connectivity index (χ0n) is 12.4. The number of nitrogens with zero attached hydrogens (tertiary/aromatic N) is 2. The maximum absolute atomic E-state index is 12.0. The van der Waals surface area contributed by atoms with Crippen LogP contribution < -0.4 is 0 Å². The maximum Gasteiger partial charge on any atom is 0.320 e. The van der Waals surface area contributed by atoms with Crippen LogP contribution in [-0.2, 0) is 0 Å². The van der Waals surface area contributed by atoms with E-state index in [1.54, 1.807) is 0 Å². The molecule has 0 aromatic carbocycles. The van der Waals surface area contributed by atoms with Crippen LogP contribution in [0.4, 0.5) is 4.79 Å². The molecule has 0 atom stereocenters. The lowest BCUT2D eigenvalue weighted by molar-refractivity contribution is 0.143. The summed E-state index contributed by atoms with van der Waals surface area (Å²) >= 11 is 0. The van der Waals surface area contributed by atoms with Gasteiger partial charge in [0.15, 0.2) is 0 Å². The number of hydrogen-bond acceptors (Lipinski definition) is 1. The summed E-state index contributed by atoms with van der Waals surface area (Å²) in [5.74, 6) is 0.872. The van der Waals surface area contributed by atoms with Gasteiger partial charge in [-0.2, -0.15) is 0 Å². The van der Waals surface area contributed by atoms with Crippen molar-refractivity contribution in [2.45, 2.75) is 58.9 Å². The van der Waals surface area contributed by atoms with E-state index in [1.807, 2.05) is 11.9 Å². The molecular formula is C15H28N2O. The third-order valence-electron chi connectivity index (χ3n) is 4.41. The Kier molecular flexibility index (Phi) is 3.88. The van der Waals surface area contributed by atoms with Crippen molar-refractivity contribution in [2.75, 3.05) is 20.1 Å². The van der Waals surface area contributed by atoms with Gasteiger partial charge in [-0.05, 0) is 43.4 Å². The molecule has 2 rings (SSSR count). The molecular weight excluding hydrogens is 224 g/mol. The first-order chi connectivity index (χ1) is 8.37. The average Bonchev–Trinajstić information content (AvgIpc) is 2.59. The molecule has 2 fully saturated rings. The number of carbonyl (C=O) groups is 1. The van der Waals surface area contributed by atoms with Gasteiger partial charge in [-0.1, -0.05) is 20.8 Å². The van der Waals surface area contributed by atoms with Crippen molar-refractivity contribution in [3.8, 4) is 0 Å². The monoisotopic (exact) mass is 252 g/mol. The Bertz CT molecular complexity index is 300.